The first-order valence-corrected chi connectivity index (χ1v) is 10.7. The number of hydrogen-bond acceptors (Lipinski definition) is 5. The number of likely N-dealkylation sites (tertiary alicyclic amines) is 1. The summed E-state index contributed by atoms with van der Waals surface area (Å²) >= 11 is 0. The summed E-state index contributed by atoms with van der Waals surface area (Å²) in [4.78, 5) is 37.7. The summed E-state index contributed by atoms with van der Waals surface area (Å²) in [5, 5.41) is 8.61. The fourth-order valence-electron chi connectivity index (χ4n) is 3.24. The van der Waals surface area contributed by atoms with Crippen LogP contribution in [0.5, 0.6) is 0 Å². The van der Waals surface area contributed by atoms with E-state index in [1.165, 1.54) is 0 Å². The molecule has 1 saturated carbocycles. The van der Waals surface area contributed by atoms with Crippen molar-refractivity contribution in [2.24, 2.45) is 5.73 Å². The minimum atomic E-state index is -0.529. The minimum absolute atomic E-state index is 0.0361. The standard InChI is InChI=1S/C20H37N5O4/c1-20(2,3)29-19(28)22-11-5-4-6-16(21)17(26)25-12-9-15(10-13-25)24-18(27)23-14-7-8-14/h14-16H,4-13,21H2,1-3H3,(H,22,28)(H2,23,24,27). The van der Waals surface area contributed by atoms with E-state index >= 15 is 0 Å². The average molecular weight is 412 g/mol. The summed E-state index contributed by atoms with van der Waals surface area (Å²) < 4.78 is 5.17. The number of alkyl carbamates (subject to hydrolysis) is 1. The number of rotatable bonds is 8. The van der Waals surface area contributed by atoms with E-state index in [2.05, 4.69) is 16.0 Å². The molecule has 2 aliphatic rings. The Labute approximate surface area is 173 Å². The molecule has 5 N–H and O–H groups in total. The van der Waals surface area contributed by atoms with Crippen molar-refractivity contribution in [2.45, 2.75) is 89.4 Å². The van der Waals surface area contributed by atoms with Gasteiger partial charge in [0.15, 0.2) is 0 Å². The topological polar surface area (TPSA) is 126 Å². The lowest BCUT2D eigenvalue weighted by molar-refractivity contribution is -0.133. The maximum Gasteiger partial charge on any atom is 0.407 e. The largest absolute Gasteiger partial charge is 0.444 e. The molecule has 1 heterocycles. The van der Waals surface area contributed by atoms with E-state index in [-0.39, 0.29) is 18.0 Å². The number of amides is 4. The molecule has 2 fully saturated rings. The molecule has 0 aromatic heterocycles. The first-order valence-electron chi connectivity index (χ1n) is 10.7. The van der Waals surface area contributed by atoms with Gasteiger partial charge in [0.05, 0.1) is 6.04 Å². The Morgan fingerprint density at radius 3 is 2.17 bits per heavy atom. The zero-order valence-electron chi connectivity index (χ0n) is 18.0. The van der Waals surface area contributed by atoms with Crippen molar-refractivity contribution in [1.29, 1.82) is 0 Å². The van der Waals surface area contributed by atoms with Gasteiger partial charge in [-0.05, 0) is 65.7 Å². The number of piperidine rings is 1. The normalized spacial score (nSPS) is 18.7. The molecule has 4 amide bonds. The first-order chi connectivity index (χ1) is 13.6. The van der Waals surface area contributed by atoms with Crippen LogP contribution in [0.3, 0.4) is 0 Å². The fraction of sp³-hybridized carbons (Fsp3) is 0.850. The summed E-state index contributed by atoms with van der Waals surface area (Å²) in [5.41, 5.74) is 5.56. The molecule has 2 rings (SSSR count). The molecule has 1 saturated heterocycles. The van der Waals surface area contributed by atoms with Gasteiger partial charge in [0, 0.05) is 31.7 Å². The van der Waals surface area contributed by atoms with Gasteiger partial charge in [-0.2, -0.15) is 0 Å². The highest BCUT2D eigenvalue weighted by atomic mass is 16.6. The Hall–Kier alpha value is -2.03. The van der Waals surface area contributed by atoms with Crippen molar-refractivity contribution >= 4 is 18.0 Å². The highest BCUT2D eigenvalue weighted by Crippen LogP contribution is 2.18. The van der Waals surface area contributed by atoms with Crippen LogP contribution in [0.2, 0.25) is 0 Å². The third kappa shape index (κ3) is 9.34. The second-order valence-corrected chi connectivity index (χ2v) is 9.02. The second-order valence-electron chi connectivity index (χ2n) is 9.02. The SMILES string of the molecule is CC(C)(C)OC(=O)NCCCCC(N)C(=O)N1CCC(NC(=O)NC2CC2)CC1. The van der Waals surface area contributed by atoms with E-state index in [0.29, 0.717) is 32.1 Å². The molecule has 29 heavy (non-hydrogen) atoms. The Morgan fingerprint density at radius 1 is 1.03 bits per heavy atom. The highest BCUT2D eigenvalue weighted by Gasteiger charge is 2.28. The van der Waals surface area contributed by atoms with Crippen LogP contribution in [0, 0.1) is 0 Å². The van der Waals surface area contributed by atoms with Crippen molar-refractivity contribution in [2.75, 3.05) is 19.6 Å². The molecule has 1 atom stereocenters. The number of urea groups is 1. The maximum atomic E-state index is 12.5. The van der Waals surface area contributed by atoms with Crippen LogP contribution in [0.1, 0.15) is 65.7 Å². The first kappa shape index (κ1) is 23.3. The molecule has 9 heteroatoms. The van der Waals surface area contributed by atoms with Crippen molar-refractivity contribution in [3.8, 4) is 0 Å². The van der Waals surface area contributed by atoms with E-state index in [4.69, 9.17) is 10.5 Å². The number of nitrogens with one attached hydrogen (secondary N) is 3. The molecule has 1 unspecified atom stereocenters. The minimum Gasteiger partial charge on any atom is -0.444 e. The van der Waals surface area contributed by atoms with Gasteiger partial charge in [-0.15, -0.1) is 0 Å². The van der Waals surface area contributed by atoms with Gasteiger partial charge in [-0.25, -0.2) is 9.59 Å². The average Bonchev–Trinajstić information content (AvgIpc) is 3.43. The van der Waals surface area contributed by atoms with Gasteiger partial charge in [-0.3, -0.25) is 4.79 Å². The third-order valence-electron chi connectivity index (χ3n) is 4.98. The Bertz CT molecular complexity index is 566. The molecule has 9 nitrogen and oxygen atoms in total. The van der Waals surface area contributed by atoms with E-state index in [1.807, 2.05) is 20.8 Å². The Balaban J connectivity index is 1.55. The molecule has 0 spiro atoms. The number of nitrogens with two attached hydrogens (primary N) is 1. The lowest BCUT2D eigenvalue weighted by Gasteiger charge is -2.33. The van der Waals surface area contributed by atoms with Crippen molar-refractivity contribution < 1.29 is 19.1 Å². The van der Waals surface area contributed by atoms with Crippen LogP contribution in [0.4, 0.5) is 9.59 Å². The van der Waals surface area contributed by atoms with Crippen LogP contribution in [-0.2, 0) is 9.53 Å². The van der Waals surface area contributed by atoms with Gasteiger partial charge in [0.2, 0.25) is 5.91 Å². The molecule has 0 radical (unpaired) electrons. The van der Waals surface area contributed by atoms with E-state index in [0.717, 1.165) is 38.5 Å². The number of hydrogen-bond donors (Lipinski definition) is 4. The second kappa shape index (κ2) is 10.7. The van der Waals surface area contributed by atoms with Crippen LogP contribution in [-0.4, -0.2) is 66.3 Å². The third-order valence-corrected chi connectivity index (χ3v) is 4.98. The molecule has 0 aromatic rings. The van der Waals surface area contributed by atoms with Crippen molar-refractivity contribution in [3.63, 3.8) is 0 Å². The Kier molecular flexibility index (Phi) is 8.55. The maximum absolute atomic E-state index is 12.5. The van der Waals surface area contributed by atoms with Gasteiger partial charge < -0.3 is 31.3 Å². The van der Waals surface area contributed by atoms with Crippen molar-refractivity contribution in [3.05, 3.63) is 0 Å². The smallest absolute Gasteiger partial charge is 0.407 e. The number of unbranched alkanes of at least 4 members (excludes halogenated alkanes) is 1. The predicted octanol–water partition coefficient (Wildman–Crippen LogP) is 1.46. The van der Waals surface area contributed by atoms with Gasteiger partial charge in [0.25, 0.3) is 0 Å². The highest BCUT2D eigenvalue weighted by molar-refractivity contribution is 5.81. The van der Waals surface area contributed by atoms with E-state index < -0.39 is 17.7 Å². The summed E-state index contributed by atoms with van der Waals surface area (Å²) in [6.45, 7) is 7.18. The Morgan fingerprint density at radius 2 is 1.62 bits per heavy atom. The summed E-state index contributed by atoms with van der Waals surface area (Å²) in [7, 11) is 0. The molecular formula is C20H37N5O4. The molecule has 1 aliphatic heterocycles. The number of ether oxygens (including phenoxy) is 1. The van der Waals surface area contributed by atoms with Gasteiger partial charge >= 0.3 is 12.1 Å². The molecule has 1 aliphatic carbocycles. The molecule has 0 aromatic carbocycles. The molecule has 0 bridgehead atoms. The fourth-order valence-corrected chi connectivity index (χ4v) is 3.24. The van der Waals surface area contributed by atoms with Crippen LogP contribution in [0.15, 0.2) is 0 Å². The summed E-state index contributed by atoms with van der Waals surface area (Å²) in [6, 6.07) is -0.185. The number of carbonyl (C=O) groups is 3. The number of nitrogens with zero attached hydrogens (tertiary/aromatic N) is 1. The zero-order valence-corrected chi connectivity index (χ0v) is 18.0. The summed E-state index contributed by atoms with van der Waals surface area (Å²) in [5.74, 6) is -0.0361. The lowest BCUT2D eigenvalue weighted by atomic mass is 10.0. The molecular weight excluding hydrogens is 374 g/mol. The predicted molar refractivity (Wildman–Crippen MR) is 110 cm³/mol. The quantitative estimate of drug-likeness (QED) is 0.450. The van der Waals surface area contributed by atoms with E-state index in [9.17, 15) is 14.4 Å². The zero-order chi connectivity index (χ0) is 21.4. The molecule has 166 valence electrons. The van der Waals surface area contributed by atoms with Crippen LogP contribution < -0.4 is 21.7 Å². The number of carbonyl (C=O) groups excluding carboxylic acids is 3. The monoisotopic (exact) mass is 411 g/mol. The van der Waals surface area contributed by atoms with Crippen LogP contribution >= 0.6 is 0 Å². The van der Waals surface area contributed by atoms with Crippen LogP contribution in [0.25, 0.3) is 0 Å². The van der Waals surface area contributed by atoms with Gasteiger partial charge in [-0.1, -0.05) is 0 Å². The van der Waals surface area contributed by atoms with Gasteiger partial charge in [0.1, 0.15) is 5.60 Å². The van der Waals surface area contributed by atoms with Crippen molar-refractivity contribution in [1.82, 2.24) is 20.9 Å². The lowest BCUT2D eigenvalue weighted by Crippen LogP contribution is -2.52. The van der Waals surface area contributed by atoms with E-state index in [1.54, 1.807) is 4.90 Å². The summed E-state index contributed by atoms with van der Waals surface area (Å²) in [6.07, 6.45) is 5.26.